The molecule has 0 unspecified atom stereocenters. The first-order valence-corrected chi connectivity index (χ1v) is 13.3. The molecule has 0 N–H and O–H groups in total. The summed E-state index contributed by atoms with van der Waals surface area (Å²) in [4.78, 5) is 0. The number of fused-ring (bicyclic) bond motifs is 5. The summed E-state index contributed by atoms with van der Waals surface area (Å²) in [6, 6.07) is 19.1. The summed E-state index contributed by atoms with van der Waals surface area (Å²) in [7, 11) is 2.21. The van der Waals surface area contributed by atoms with Crippen LogP contribution in [0.1, 0.15) is 69.1 Å². The molecule has 2 nitrogen and oxygen atoms in total. The number of benzene rings is 3. The van der Waals surface area contributed by atoms with Crippen LogP contribution < -0.4 is 4.57 Å². The standard InChI is InChI=1S/C33H35N2/c1-20-13-14-25-29-23(19-33(2,3)4)11-8-12-26(29)35-27-18-24(21-9-6-7-10-21)17-22-15-16-34(5)32(30(22)27)28(20)31(25)35/h8,11-18,21H,6-7,9-10,19H2,1-5H3/q+1. The van der Waals surface area contributed by atoms with E-state index < -0.39 is 0 Å². The Hall–Kier alpha value is -3.13. The van der Waals surface area contributed by atoms with Gasteiger partial charge in [0, 0.05) is 16.8 Å². The molecule has 7 rings (SSSR count). The van der Waals surface area contributed by atoms with Crippen LogP contribution in [0.5, 0.6) is 0 Å². The minimum absolute atomic E-state index is 0.238. The third kappa shape index (κ3) is 2.98. The zero-order valence-corrected chi connectivity index (χ0v) is 21.7. The average molecular weight is 460 g/mol. The van der Waals surface area contributed by atoms with E-state index in [1.807, 2.05) is 0 Å². The Morgan fingerprint density at radius 1 is 0.914 bits per heavy atom. The van der Waals surface area contributed by atoms with E-state index >= 15 is 0 Å². The predicted molar refractivity (Wildman–Crippen MR) is 149 cm³/mol. The molecule has 0 radical (unpaired) electrons. The van der Waals surface area contributed by atoms with Crippen LogP contribution in [-0.4, -0.2) is 4.40 Å². The Labute approximate surface area is 207 Å². The molecule has 2 heteroatoms. The Kier molecular flexibility index (Phi) is 4.35. The van der Waals surface area contributed by atoms with Crippen LogP contribution >= 0.6 is 0 Å². The highest BCUT2D eigenvalue weighted by Crippen LogP contribution is 2.44. The van der Waals surface area contributed by atoms with E-state index in [-0.39, 0.29) is 5.41 Å². The van der Waals surface area contributed by atoms with Gasteiger partial charge in [-0.1, -0.05) is 63.9 Å². The summed E-state index contributed by atoms with van der Waals surface area (Å²) in [5.41, 5.74) is 10.1. The molecular formula is C33H35N2+. The number of rotatable bonds is 2. The van der Waals surface area contributed by atoms with Crippen molar-refractivity contribution in [3.63, 3.8) is 0 Å². The van der Waals surface area contributed by atoms with Gasteiger partial charge < -0.3 is 4.40 Å². The first kappa shape index (κ1) is 21.2. The SMILES string of the molecule is Cc1ccc2c3c(CC(C)(C)C)cccc3n3c4cc(C5CCCC5)cc5cc[n+](C)c(c1c23)c54. The van der Waals surface area contributed by atoms with Gasteiger partial charge in [-0.05, 0) is 71.7 Å². The molecule has 1 aliphatic carbocycles. The molecule has 0 spiro atoms. The van der Waals surface area contributed by atoms with Crippen LogP contribution in [0, 0.1) is 12.3 Å². The van der Waals surface area contributed by atoms with Crippen molar-refractivity contribution in [2.45, 2.75) is 65.7 Å². The summed E-state index contributed by atoms with van der Waals surface area (Å²) >= 11 is 0. The van der Waals surface area contributed by atoms with Gasteiger partial charge in [-0.3, -0.25) is 0 Å². The summed E-state index contributed by atoms with van der Waals surface area (Å²) in [6.07, 6.45) is 8.72. The lowest BCUT2D eigenvalue weighted by Gasteiger charge is -2.19. The highest BCUT2D eigenvalue weighted by atomic mass is 15.0. The molecule has 35 heavy (non-hydrogen) atoms. The van der Waals surface area contributed by atoms with E-state index in [0.29, 0.717) is 5.92 Å². The van der Waals surface area contributed by atoms with E-state index in [1.165, 1.54) is 91.4 Å². The second-order valence-electron chi connectivity index (χ2n) is 12.3. The summed E-state index contributed by atoms with van der Waals surface area (Å²) < 4.78 is 4.97. The first-order chi connectivity index (χ1) is 16.8. The van der Waals surface area contributed by atoms with Crippen molar-refractivity contribution in [1.82, 2.24) is 4.40 Å². The average Bonchev–Trinajstić information content (AvgIpc) is 3.46. The molecule has 3 heterocycles. The lowest BCUT2D eigenvalue weighted by Crippen LogP contribution is -2.29. The van der Waals surface area contributed by atoms with Gasteiger partial charge in [-0.2, -0.15) is 0 Å². The Morgan fingerprint density at radius 2 is 1.71 bits per heavy atom. The maximum absolute atomic E-state index is 2.62. The first-order valence-electron chi connectivity index (χ1n) is 13.3. The fourth-order valence-electron chi connectivity index (χ4n) is 7.07. The minimum atomic E-state index is 0.238. The van der Waals surface area contributed by atoms with Crippen molar-refractivity contribution < 1.29 is 4.57 Å². The molecule has 6 aromatic rings. The molecule has 176 valence electrons. The zero-order valence-electron chi connectivity index (χ0n) is 21.7. The summed E-state index contributed by atoms with van der Waals surface area (Å²) in [5.74, 6) is 0.695. The number of aryl methyl sites for hydroxylation is 2. The molecule has 0 bridgehead atoms. The predicted octanol–water partition coefficient (Wildman–Crippen LogP) is 8.37. The summed E-state index contributed by atoms with van der Waals surface area (Å²) in [6.45, 7) is 9.33. The Morgan fingerprint density at radius 3 is 2.49 bits per heavy atom. The van der Waals surface area contributed by atoms with Crippen molar-refractivity contribution in [2.75, 3.05) is 0 Å². The Bertz CT molecular complexity index is 1770. The maximum atomic E-state index is 2.62. The second-order valence-corrected chi connectivity index (χ2v) is 12.3. The van der Waals surface area contributed by atoms with Gasteiger partial charge in [0.1, 0.15) is 7.05 Å². The lowest BCUT2D eigenvalue weighted by atomic mass is 9.86. The van der Waals surface area contributed by atoms with Crippen LogP contribution in [0.3, 0.4) is 0 Å². The normalized spacial score (nSPS) is 15.7. The fourth-order valence-corrected chi connectivity index (χ4v) is 7.07. The van der Waals surface area contributed by atoms with E-state index in [0.717, 1.165) is 6.42 Å². The number of aromatic nitrogens is 2. The Balaban J connectivity index is 1.75. The van der Waals surface area contributed by atoms with E-state index in [9.17, 15) is 0 Å². The highest BCUT2D eigenvalue weighted by Gasteiger charge is 2.27. The molecule has 1 aliphatic rings. The third-order valence-electron chi connectivity index (χ3n) is 8.51. The van der Waals surface area contributed by atoms with Crippen LogP contribution in [0.4, 0.5) is 0 Å². The van der Waals surface area contributed by atoms with E-state index in [4.69, 9.17) is 0 Å². The molecule has 3 aromatic heterocycles. The van der Waals surface area contributed by atoms with Gasteiger partial charge in [0.05, 0.1) is 27.3 Å². The van der Waals surface area contributed by atoms with Gasteiger partial charge in [-0.25, -0.2) is 4.57 Å². The molecule has 0 amide bonds. The number of nitrogens with zero attached hydrogens (tertiary/aromatic N) is 2. The van der Waals surface area contributed by atoms with E-state index in [2.05, 4.69) is 98.4 Å². The number of hydrogen-bond acceptors (Lipinski definition) is 0. The fraction of sp³-hybridized carbons (Fsp3) is 0.364. The van der Waals surface area contributed by atoms with Crippen molar-refractivity contribution in [1.29, 1.82) is 0 Å². The monoisotopic (exact) mass is 459 g/mol. The van der Waals surface area contributed by atoms with Gasteiger partial charge in [-0.15, -0.1) is 0 Å². The smallest absolute Gasteiger partial charge is 0.224 e. The molecule has 1 fully saturated rings. The molecule has 3 aromatic carbocycles. The minimum Gasteiger partial charge on any atom is -0.307 e. The van der Waals surface area contributed by atoms with Crippen molar-refractivity contribution >= 4 is 49.0 Å². The molecule has 1 saturated carbocycles. The second kappa shape index (κ2) is 7.20. The highest BCUT2D eigenvalue weighted by molar-refractivity contribution is 6.26. The van der Waals surface area contributed by atoms with Gasteiger partial charge in [0.15, 0.2) is 6.20 Å². The molecule has 0 saturated heterocycles. The third-order valence-corrected chi connectivity index (χ3v) is 8.51. The maximum Gasteiger partial charge on any atom is 0.224 e. The van der Waals surface area contributed by atoms with Gasteiger partial charge >= 0.3 is 0 Å². The number of hydrogen-bond donors (Lipinski definition) is 0. The topological polar surface area (TPSA) is 8.29 Å². The molecular weight excluding hydrogens is 424 g/mol. The van der Waals surface area contributed by atoms with Gasteiger partial charge in [0.25, 0.3) is 0 Å². The van der Waals surface area contributed by atoms with Crippen LogP contribution in [-0.2, 0) is 13.5 Å². The van der Waals surface area contributed by atoms with Crippen LogP contribution in [0.25, 0.3) is 49.0 Å². The number of pyridine rings is 2. The molecule has 0 atom stereocenters. The zero-order chi connectivity index (χ0) is 24.1. The van der Waals surface area contributed by atoms with Crippen molar-refractivity contribution in [3.8, 4) is 0 Å². The lowest BCUT2D eigenvalue weighted by molar-refractivity contribution is -0.643. The van der Waals surface area contributed by atoms with Gasteiger partial charge in [0.2, 0.25) is 5.52 Å². The summed E-state index contributed by atoms with van der Waals surface area (Å²) in [5, 5.41) is 7.02. The van der Waals surface area contributed by atoms with E-state index in [1.54, 1.807) is 0 Å². The van der Waals surface area contributed by atoms with Crippen molar-refractivity contribution in [3.05, 3.63) is 71.4 Å². The quantitative estimate of drug-likeness (QED) is 0.140. The van der Waals surface area contributed by atoms with Crippen LogP contribution in [0.2, 0.25) is 0 Å². The molecule has 0 aliphatic heterocycles. The van der Waals surface area contributed by atoms with Crippen molar-refractivity contribution in [2.24, 2.45) is 12.5 Å². The van der Waals surface area contributed by atoms with Crippen LogP contribution in [0.15, 0.2) is 54.7 Å². The largest absolute Gasteiger partial charge is 0.307 e.